The van der Waals surface area contributed by atoms with Crippen LogP contribution in [0, 0.1) is 0 Å². The zero-order valence-corrected chi connectivity index (χ0v) is 13.1. The van der Waals surface area contributed by atoms with Crippen molar-refractivity contribution in [3.05, 3.63) is 47.4 Å². The second-order valence-corrected chi connectivity index (χ2v) is 6.04. The molecule has 0 aliphatic carbocycles. The fourth-order valence-electron chi connectivity index (χ4n) is 2.04. The summed E-state index contributed by atoms with van der Waals surface area (Å²) in [6.07, 6.45) is -3.37. The average Bonchev–Trinajstić information content (AvgIpc) is 2.92. The van der Waals surface area contributed by atoms with E-state index in [1.54, 1.807) is 6.07 Å². The van der Waals surface area contributed by atoms with E-state index in [0.29, 0.717) is 0 Å². The van der Waals surface area contributed by atoms with Crippen LogP contribution in [0.1, 0.15) is 4.88 Å². The molecular weight excluding hydrogens is 309 g/mol. The van der Waals surface area contributed by atoms with Gasteiger partial charge in [-0.05, 0) is 29.8 Å². The van der Waals surface area contributed by atoms with Crippen molar-refractivity contribution in [2.24, 2.45) is 5.73 Å². The first-order valence-electron chi connectivity index (χ1n) is 6.68. The standard InChI is InChI=1S/C16H17F3N2S/c1-21(2)12-5-3-11(4-6-12)14-7-8-15(22-14)13(9-10-20)16(17,18)19/h3-9H,10,20H2,1-2H3/b13-9-. The van der Waals surface area contributed by atoms with Gasteiger partial charge in [-0.3, -0.25) is 0 Å². The Morgan fingerprint density at radius 2 is 1.77 bits per heavy atom. The number of thiophene rings is 1. The summed E-state index contributed by atoms with van der Waals surface area (Å²) in [5, 5.41) is 0. The average molecular weight is 326 g/mol. The van der Waals surface area contributed by atoms with Crippen LogP contribution in [0.4, 0.5) is 18.9 Å². The Kier molecular flexibility index (Phi) is 4.93. The summed E-state index contributed by atoms with van der Waals surface area (Å²) in [5.41, 5.74) is 6.52. The Bertz CT molecular complexity index is 655. The summed E-state index contributed by atoms with van der Waals surface area (Å²) in [6, 6.07) is 10.9. The van der Waals surface area contributed by atoms with E-state index in [0.717, 1.165) is 33.5 Å². The van der Waals surface area contributed by atoms with E-state index in [1.165, 1.54) is 6.07 Å². The lowest BCUT2D eigenvalue weighted by molar-refractivity contribution is -0.0688. The molecule has 2 aromatic rings. The molecule has 22 heavy (non-hydrogen) atoms. The highest BCUT2D eigenvalue weighted by Gasteiger charge is 2.35. The van der Waals surface area contributed by atoms with Crippen molar-refractivity contribution in [3.8, 4) is 10.4 Å². The number of alkyl halides is 3. The summed E-state index contributed by atoms with van der Waals surface area (Å²) in [4.78, 5) is 2.95. The zero-order chi connectivity index (χ0) is 16.3. The van der Waals surface area contributed by atoms with Gasteiger partial charge in [-0.15, -0.1) is 11.3 Å². The fourth-order valence-corrected chi connectivity index (χ4v) is 3.11. The Morgan fingerprint density at radius 1 is 1.14 bits per heavy atom. The first-order chi connectivity index (χ1) is 10.3. The molecule has 0 aliphatic rings. The van der Waals surface area contributed by atoms with Gasteiger partial charge in [0.15, 0.2) is 0 Å². The van der Waals surface area contributed by atoms with Crippen molar-refractivity contribution >= 4 is 22.6 Å². The van der Waals surface area contributed by atoms with Crippen molar-refractivity contribution in [3.63, 3.8) is 0 Å². The summed E-state index contributed by atoms with van der Waals surface area (Å²) < 4.78 is 39.1. The summed E-state index contributed by atoms with van der Waals surface area (Å²) >= 11 is 1.12. The minimum atomic E-state index is -4.39. The topological polar surface area (TPSA) is 29.3 Å². The molecule has 0 bridgehead atoms. The first-order valence-corrected chi connectivity index (χ1v) is 7.50. The van der Waals surface area contributed by atoms with Gasteiger partial charge in [0, 0.05) is 36.1 Å². The van der Waals surface area contributed by atoms with Gasteiger partial charge in [0.05, 0.1) is 5.57 Å². The summed E-state index contributed by atoms with van der Waals surface area (Å²) in [6.45, 7) is -0.139. The molecule has 0 atom stereocenters. The van der Waals surface area contributed by atoms with Gasteiger partial charge < -0.3 is 10.6 Å². The highest BCUT2D eigenvalue weighted by molar-refractivity contribution is 7.16. The van der Waals surface area contributed by atoms with Crippen LogP contribution < -0.4 is 10.6 Å². The maximum Gasteiger partial charge on any atom is 0.417 e. The number of halogens is 3. The van der Waals surface area contributed by atoms with Crippen molar-refractivity contribution < 1.29 is 13.2 Å². The normalized spacial score (nSPS) is 12.5. The van der Waals surface area contributed by atoms with Gasteiger partial charge in [0.1, 0.15) is 0 Å². The van der Waals surface area contributed by atoms with Gasteiger partial charge in [-0.1, -0.05) is 18.2 Å². The highest BCUT2D eigenvalue weighted by atomic mass is 32.1. The second kappa shape index (κ2) is 6.54. The molecule has 6 heteroatoms. The smallest absolute Gasteiger partial charge is 0.378 e. The highest BCUT2D eigenvalue weighted by Crippen LogP contribution is 2.39. The third kappa shape index (κ3) is 3.69. The van der Waals surface area contributed by atoms with Gasteiger partial charge in [0.25, 0.3) is 0 Å². The van der Waals surface area contributed by atoms with Gasteiger partial charge in [-0.25, -0.2) is 0 Å². The lowest BCUT2D eigenvalue weighted by Gasteiger charge is -2.12. The fraction of sp³-hybridized carbons (Fsp3) is 0.250. The van der Waals surface area contributed by atoms with Gasteiger partial charge >= 0.3 is 6.18 Å². The van der Waals surface area contributed by atoms with Crippen LogP contribution in [-0.2, 0) is 0 Å². The summed E-state index contributed by atoms with van der Waals surface area (Å²) in [7, 11) is 3.87. The van der Waals surface area contributed by atoms with Crippen LogP contribution in [0.25, 0.3) is 16.0 Å². The van der Waals surface area contributed by atoms with Gasteiger partial charge in [-0.2, -0.15) is 13.2 Å². The third-order valence-electron chi connectivity index (χ3n) is 3.17. The maximum atomic E-state index is 13.0. The van der Waals surface area contributed by atoms with E-state index in [9.17, 15) is 13.2 Å². The predicted octanol–water partition coefficient (Wildman–Crippen LogP) is 4.39. The van der Waals surface area contributed by atoms with Crippen LogP contribution in [0.15, 0.2) is 42.5 Å². The van der Waals surface area contributed by atoms with E-state index < -0.39 is 11.7 Å². The molecule has 1 aromatic heterocycles. The van der Waals surface area contributed by atoms with Crippen LogP contribution in [-0.4, -0.2) is 26.8 Å². The first kappa shape index (κ1) is 16.6. The quantitative estimate of drug-likeness (QED) is 0.903. The number of hydrogen-bond acceptors (Lipinski definition) is 3. The molecule has 0 saturated heterocycles. The largest absolute Gasteiger partial charge is 0.417 e. The lowest BCUT2D eigenvalue weighted by atomic mass is 10.1. The van der Waals surface area contributed by atoms with Crippen molar-refractivity contribution in [1.82, 2.24) is 0 Å². The molecule has 2 N–H and O–H groups in total. The molecule has 0 saturated carbocycles. The van der Waals surface area contributed by atoms with Crippen LogP contribution in [0.3, 0.4) is 0 Å². The van der Waals surface area contributed by atoms with E-state index in [-0.39, 0.29) is 11.4 Å². The molecule has 0 fully saturated rings. The number of hydrogen-bond donors (Lipinski definition) is 1. The third-order valence-corrected chi connectivity index (χ3v) is 4.33. The minimum Gasteiger partial charge on any atom is -0.378 e. The number of benzene rings is 1. The van der Waals surface area contributed by atoms with Crippen LogP contribution in [0.2, 0.25) is 0 Å². The Morgan fingerprint density at radius 3 is 2.27 bits per heavy atom. The molecular formula is C16H17F3N2S. The number of rotatable bonds is 4. The molecule has 1 heterocycles. The SMILES string of the molecule is CN(C)c1ccc(-c2ccc(/C(=C/CN)C(F)(F)F)s2)cc1. The van der Waals surface area contributed by atoms with Crippen molar-refractivity contribution in [2.75, 3.05) is 25.5 Å². The minimum absolute atomic E-state index is 0.139. The molecule has 0 radical (unpaired) electrons. The molecule has 0 unspecified atom stereocenters. The number of anilines is 1. The second-order valence-electron chi connectivity index (χ2n) is 4.96. The van der Waals surface area contributed by atoms with Gasteiger partial charge in [0.2, 0.25) is 0 Å². The Balaban J connectivity index is 2.33. The van der Waals surface area contributed by atoms with E-state index in [1.807, 2.05) is 43.3 Å². The predicted molar refractivity (Wildman–Crippen MR) is 87.2 cm³/mol. The molecule has 0 aliphatic heterocycles. The number of nitrogens with zero attached hydrogens (tertiary/aromatic N) is 1. The van der Waals surface area contributed by atoms with Crippen LogP contribution >= 0.6 is 11.3 Å². The molecule has 1 aromatic carbocycles. The number of allylic oxidation sites excluding steroid dienone is 1. The van der Waals surface area contributed by atoms with E-state index in [2.05, 4.69) is 0 Å². The molecule has 0 spiro atoms. The molecule has 2 nitrogen and oxygen atoms in total. The maximum absolute atomic E-state index is 13.0. The lowest BCUT2D eigenvalue weighted by Crippen LogP contribution is -2.11. The monoisotopic (exact) mass is 326 g/mol. The van der Waals surface area contributed by atoms with Crippen molar-refractivity contribution in [2.45, 2.75) is 6.18 Å². The summed E-state index contributed by atoms with van der Waals surface area (Å²) in [5.74, 6) is 0. The van der Waals surface area contributed by atoms with E-state index >= 15 is 0 Å². The molecule has 118 valence electrons. The zero-order valence-electron chi connectivity index (χ0n) is 12.3. The Labute approximate surface area is 131 Å². The Hall–Kier alpha value is -1.79. The van der Waals surface area contributed by atoms with Crippen molar-refractivity contribution in [1.29, 1.82) is 0 Å². The molecule has 2 rings (SSSR count). The number of nitrogens with two attached hydrogens (primary N) is 1. The van der Waals surface area contributed by atoms with Crippen LogP contribution in [0.5, 0.6) is 0 Å². The molecule has 0 amide bonds. The van der Waals surface area contributed by atoms with E-state index in [4.69, 9.17) is 5.73 Å².